The second-order valence-electron chi connectivity index (χ2n) is 4.51. The highest BCUT2D eigenvalue weighted by molar-refractivity contribution is 7.84. The van der Waals surface area contributed by atoms with Gasteiger partial charge in [0.1, 0.15) is 16.5 Å². The molecule has 19 heavy (non-hydrogen) atoms. The molecule has 2 unspecified atom stereocenters. The van der Waals surface area contributed by atoms with Gasteiger partial charge in [0, 0.05) is 35.3 Å². The molecule has 0 aliphatic heterocycles. The topological polar surface area (TPSA) is 54.9 Å². The maximum Gasteiger partial charge on any atom is 0.138 e. The van der Waals surface area contributed by atoms with Crippen LogP contribution >= 0.6 is 11.3 Å². The van der Waals surface area contributed by atoms with Crippen molar-refractivity contribution in [2.24, 2.45) is 0 Å². The molecule has 2 heterocycles. The summed E-state index contributed by atoms with van der Waals surface area (Å²) in [5, 5.41) is 6.67. The first kappa shape index (κ1) is 14.4. The van der Waals surface area contributed by atoms with E-state index >= 15 is 0 Å². The lowest BCUT2D eigenvalue weighted by Crippen LogP contribution is -2.15. The predicted molar refractivity (Wildman–Crippen MR) is 83.4 cm³/mol. The van der Waals surface area contributed by atoms with E-state index in [0.29, 0.717) is 0 Å². The quantitative estimate of drug-likeness (QED) is 0.891. The van der Waals surface area contributed by atoms with Crippen LogP contribution in [0.1, 0.15) is 26.1 Å². The Morgan fingerprint density at radius 1 is 1.47 bits per heavy atom. The summed E-state index contributed by atoms with van der Waals surface area (Å²) in [6, 6.07) is 2.04. The summed E-state index contributed by atoms with van der Waals surface area (Å²) in [7, 11) is -0.764. The van der Waals surface area contributed by atoms with Crippen LogP contribution in [0.25, 0.3) is 10.2 Å². The number of nitrogens with one attached hydrogen (secondary N) is 1. The van der Waals surface area contributed by atoms with Gasteiger partial charge in [0.15, 0.2) is 0 Å². The minimum Gasteiger partial charge on any atom is -0.369 e. The second kappa shape index (κ2) is 6.43. The van der Waals surface area contributed by atoms with Crippen LogP contribution in [0.4, 0.5) is 5.82 Å². The van der Waals surface area contributed by atoms with Gasteiger partial charge in [-0.25, -0.2) is 9.97 Å². The molecule has 0 saturated heterocycles. The first-order chi connectivity index (χ1) is 9.11. The molecule has 0 bridgehead atoms. The van der Waals surface area contributed by atoms with Crippen LogP contribution in [0.3, 0.4) is 0 Å². The van der Waals surface area contributed by atoms with Gasteiger partial charge >= 0.3 is 0 Å². The summed E-state index contributed by atoms with van der Waals surface area (Å²) in [4.78, 5) is 10.1. The van der Waals surface area contributed by atoms with Crippen molar-refractivity contribution in [3.63, 3.8) is 0 Å². The molecule has 2 aromatic rings. The van der Waals surface area contributed by atoms with E-state index in [1.165, 1.54) is 0 Å². The summed E-state index contributed by atoms with van der Waals surface area (Å²) >= 11 is 1.64. The lowest BCUT2D eigenvalue weighted by atomic mass is 10.3. The summed E-state index contributed by atoms with van der Waals surface area (Å²) < 4.78 is 11.3. The van der Waals surface area contributed by atoms with Crippen molar-refractivity contribution in [2.75, 3.05) is 18.1 Å². The molecule has 0 fully saturated rings. The third-order valence-corrected chi connectivity index (χ3v) is 5.27. The van der Waals surface area contributed by atoms with Crippen LogP contribution in [0.2, 0.25) is 0 Å². The molecule has 0 saturated carbocycles. The number of hydrogen-bond acceptors (Lipinski definition) is 5. The Morgan fingerprint density at radius 3 is 2.95 bits per heavy atom. The van der Waals surface area contributed by atoms with Gasteiger partial charge in [-0.3, -0.25) is 4.21 Å². The molecular weight excluding hydrogens is 278 g/mol. The summed E-state index contributed by atoms with van der Waals surface area (Å²) in [6.45, 7) is 4.85. The van der Waals surface area contributed by atoms with Gasteiger partial charge in [0.2, 0.25) is 0 Å². The van der Waals surface area contributed by atoms with Crippen molar-refractivity contribution >= 4 is 38.2 Å². The molecule has 0 amide bonds. The number of aromatic nitrogens is 2. The average molecular weight is 297 g/mol. The summed E-state index contributed by atoms with van der Waals surface area (Å²) in [5.74, 6) is 1.77. The van der Waals surface area contributed by atoms with Gasteiger partial charge < -0.3 is 5.32 Å². The van der Waals surface area contributed by atoms with Crippen LogP contribution < -0.4 is 5.32 Å². The molecule has 0 aromatic carbocycles. The Balaban J connectivity index is 2.11. The van der Waals surface area contributed by atoms with E-state index in [1.807, 2.05) is 18.4 Å². The average Bonchev–Trinajstić information content (AvgIpc) is 2.86. The highest BCUT2D eigenvalue weighted by atomic mass is 32.2. The Bertz CT molecular complexity index is 582. The van der Waals surface area contributed by atoms with Crippen LogP contribution in [0, 0.1) is 0 Å². The molecular formula is C13H19N3OS2. The highest BCUT2D eigenvalue weighted by Gasteiger charge is 2.09. The zero-order valence-electron chi connectivity index (χ0n) is 11.5. The lowest BCUT2D eigenvalue weighted by molar-refractivity contribution is 0.672. The fraction of sp³-hybridized carbons (Fsp3) is 0.538. The van der Waals surface area contributed by atoms with Gasteiger partial charge in [-0.05, 0) is 17.9 Å². The zero-order chi connectivity index (χ0) is 13.8. The third kappa shape index (κ3) is 3.51. The third-order valence-electron chi connectivity index (χ3n) is 3.10. The minimum absolute atomic E-state index is 0.206. The highest BCUT2D eigenvalue weighted by Crippen LogP contribution is 2.25. The Labute approximate surface area is 120 Å². The van der Waals surface area contributed by atoms with E-state index in [1.54, 1.807) is 17.6 Å². The van der Waals surface area contributed by atoms with Crippen molar-refractivity contribution in [3.8, 4) is 0 Å². The first-order valence-electron chi connectivity index (χ1n) is 6.42. The molecule has 0 aliphatic carbocycles. The number of aryl methyl sites for hydroxylation is 1. The number of hydrogen-bond donors (Lipinski definition) is 1. The molecule has 0 spiro atoms. The molecule has 6 heteroatoms. The number of fused-ring (bicyclic) bond motifs is 1. The molecule has 4 nitrogen and oxygen atoms in total. The normalized spacial score (nSPS) is 14.5. The summed E-state index contributed by atoms with van der Waals surface area (Å²) in [5.41, 5.74) is 0. The second-order valence-corrected chi connectivity index (χ2v) is 7.20. The van der Waals surface area contributed by atoms with Crippen LogP contribution in [-0.2, 0) is 17.2 Å². The molecule has 0 aliphatic rings. The van der Waals surface area contributed by atoms with Gasteiger partial charge in [-0.2, -0.15) is 0 Å². The fourth-order valence-corrected chi connectivity index (χ4v) is 2.98. The monoisotopic (exact) mass is 297 g/mol. The van der Waals surface area contributed by atoms with E-state index in [4.69, 9.17) is 0 Å². The van der Waals surface area contributed by atoms with Crippen LogP contribution in [-0.4, -0.2) is 32.2 Å². The van der Waals surface area contributed by atoms with E-state index < -0.39 is 10.8 Å². The van der Waals surface area contributed by atoms with Crippen molar-refractivity contribution < 1.29 is 4.21 Å². The van der Waals surface area contributed by atoms with Gasteiger partial charge in [-0.15, -0.1) is 11.3 Å². The Morgan fingerprint density at radius 2 is 2.26 bits per heavy atom. The zero-order valence-corrected chi connectivity index (χ0v) is 13.1. The van der Waals surface area contributed by atoms with Crippen LogP contribution in [0.15, 0.2) is 11.4 Å². The number of nitrogens with zero attached hydrogens (tertiary/aromatic N) is 2. The Kier molecular flexibility index (Phi) is 4.87. The molecule has 2 atom stereocenters. The lowest BCUT2D eigenvalue weighted by Gasteiger charge is -2.11. The van der Waals surface area contributed by atoms with Crippen molar-refractivity contribution in [3.05, 3.63) is 17.3 Å². The first-order valence-corrected chi connectivity index (χ1v) is 8.92. The molecule has 1 N–H and O–H groups in total. The van der Waals surface area contributed by atoms with E-state index in [0.717, 1.165) is 41.2 Å². The van der Waals surface area contributed by atoms with Gasteiger partial charge in [0.05, 0.1) is 5.39 Å². The van der Waals surface area contributed by atoms with Crippen molar-refractivity contribution in [1.29, 1.82) is 0 Å². The number of anilines is 1. The molecule has 2 rings (SSSR count). The minimum atomic E-state index is -0.764. The molecule has 0 radical (unpaired) electrons. The Hall–Kier alpha value is -1.01. The van der Waals surface area contributed by atoms with Crippen molar-refractivity contribution in [2.45, 2.75) is 31.9 Å². The number of thiophene rings is 1. The van der Waals surface area contributed by atoms with E-state index in [9.17, 15) is 4.21 Å². The maximum absolute atomic E-state index is 11.3. The largest absolute Gasteiger partial charge is 0.369 e. The molecule has 2 aromatic heterocycles. The smallest absolute Gasteiger partial charge is 0.138 e. The van der Waals surface area contributed by atoms with Crippen molar-refractivity contribution in [1.82, 2.24) is 9.97 Å². The molecule has 104 valence electrons. The standard InChI is InChI=1S/C13H19N3OS2/c1-4-11-15-12(10-6-8-18-13(10)16-11)14-7-5-9(2)19(3)17/h6,8-9H,4-5,7H2,1-3H3,(H,14,15,16). The van der Waals surface area contributed by atoms with Gasteiger partial charge in [-0.1, -0.05) is 13.8 Å². The van der Waals surface area contributed by atoms with E-state index in [-0.39, 0.29) is 5.25 Å². The van der Waals surface area contributed by atoms with Crippen LogP contribution in [0.5, 0.6) is 0 Å². The fourth-order valence-electron chi connectivity index (χ4n) is 1.75. The van der Waals surface area contributed by atoms with Gasteiger partial charge in [0.25, 0.3) is 0 Å². The SMILES string of the molecule is CCc1nc(NCCC(C)S(C)=O)c2ccsc2n1. The maximum atomic E-state index is 11.3. The number of rotatable bonds is 6. The predicted octanol–water partition coefficient (Wildman–Crippen LogP) is 2.82. The summed E-state index contributed by atoms with van der Waals surface area (Å²) in [6.07, 6.45) is 3.46. The van der Waals surface area contributed by atoms with E-state index in [2.05, 4.69) is 22.2 Å².